The molecule has 4 nitrogen and oxygen atoms in total. The van der Waals surface area contributed by atoms with Gasteiger partial charge in [-0.2, -0.15) is 0 Å². The Kier molecular flexibility index (Phi) is 2.99. The van der Waals surface area contributed by atoms with Gasteiger partial charge in [-0.1, -0.05) is 42.5 Å². The molecule has 0 radical (unpaired) electrons. The van der Waals surface area contributed by atoms with E-state index in [1.165, 1.54) is 6.07 Å². The van der Waals surface area contributed by atoms with Crippen LogP contribution in [0.1, 0.15) is 23.7 Å². The molecule has 0 aliphatic carbocycles. The Morgan fingerprint density at radius 1 is 1.05 bits per heavy atom. The standard InChI is InChI=1S/C15H12O4S/c16-9-6-11-13(15(18)14(9)17)12(20)7-10(19-11)8-4-2-1-3-5-8/h1-6,10,16-18H,7H2. The van der Waals surface area contributed by atoms with Crippen LogP contribution in [0.25, 0.3) is 0 Å². The van der Waals surface area contributed by atoms with E-state index in [0.29, 0.717) is 11.3 Å². The third kappa shape index (κ3) is 1.96. The number of phenols is 3. The van der Waals surface area contributed by atoms with Crippen LogP contribution in [0.15, 0.2) is 36.4 Å². The highest BCUT2D eigenvalue weighted by Gasteiger charge is 2.30. The molecule has 1 aliphatic heterocycles. The Balaban J connectivity index is 2.06. The van der Waals surface area contributed by atoms with Crippen LogP contribution in [0.5, 0.6) is 23.0 Å². The summed E-state index contributed by atoms with van der Waals surface area (Å²) in [6.45, 7) is 0. The molecule has 0 aromatic heterocycles. The number of hydrogen-bond donors (Lipinski definition) is 3. The van der Waals surface area contributed by atoms with Gasteiger partial charge < -0.3 is 20.1 Å². The second kappa shape index (κ2) is 4.68. The summed E-state index contributed by atoms with van der Waals surface area (Å²) < 4.78 is 5.79. The molecule has 0 amide bonds. The van der Waals surface area contributed by atoms with E-state index in [1.807, 2.05) is 30.3 Å². The number of fused-ring (bicyclic) bond motifs is 1. The first-order valence-corrected chi connectivity index (χ1v) is 6.51. The van der Waals surface area contributed by atoms with Crippen LogP contribution >= 0.6 is 12.2 Å². The number of benzene rings is 2. The quantitative estimate of drug-likeness (QED) is 0.556. The average molecular weight is 288 g/mol. The van der Waals surface area contributed by atoms with E-state index in [9.17, 15) is 15.3 Å². The minimum Gasteiger partial charge on any atom is -0.504 e. The summed E-state index contributed by atoms with van der Waals surface area (Å²) in [4.78, 5) is 0.493. The lowest BCUT2D eigenvalue weighted by Gasteiger charge is -2.28. The van der Waals surface area contributed by atoms with Crippen LogP contribution in [0.2, 0.25) is 0 Å². The highest BCUT2D eigenvalue weighted by Crippen LogP contribution is 2.47. The first-order valence-electron chi connectivity index (χ1n) is 6.10. The van der Waals surface area contributed by atoms with Crippen molar-refractivity contribution in [1.29, 1.82) is 0 Å². The molecule has 3 N–H and O–H groups in total. The minimum absolute atomic E-state index is 0.264. The van der Waals surface area contributed by atoms with Crippen LogP contribution < -0.4 is 4.74 Å². The summed E-state index contributed by atoms with van der Waals surface area (Å²) in [6, 6.07) is 10.9. The molecular weight excluding hydrogens is 276 g/mol. The van der Waals surface area contributed by atoms with Crippen LogP contribution in [-0.4, -0.2) is 20.2 Å². The van der Waals surface area contributed by atoms with E-state index < -0.39 is 17.2 Å². The Morgan fingerprint density at radius 2 is 1.75 bits per heavy atom. The van der Waals surface area contributed by atoms with Crippen molar-refractivity contribution in [3.63, 3.8) is 0 Å². The highest BCUT2D eigenvalue weighted by molar-refractivity contribution is 7.80. The van der Waals surface area contributed by atoms with Gasteiger partial charge >= 0.3 is 0 Å². The Bertz CT molecular complexity index is 682. The maximum absolute atomic E-state index is 9.87. The van der Waals surface area contributed by atoms with E-state index in [1.54, 1.807) is 0 Å². The van der Waals surface area contributed by atoms with Crippen LogP contribution in [0, 0.1) is 0 Å². The van der Waals surface area contributed by atoms with Gasteiger partial charge in [0, 0.05) is 17.4 Å². The molecule has 2 aromatic carbocycles. The van der Waals surface area contributed by atoms with Crippen molar-refractivity contribution in [1.82, 2.24) is 0 Å². The molecule has 5 heteroatoms. The van der Waals surface area contributed by atoms with E-state index >= 15 is 0 Å². The number of thiocarbonyl (C=S) groups is 1. The van der Waals surface area contributed by atoms with Crippen molar-refractivity contribution in [2.75, 3.05) is 0 Å². The maximum Gasteiger partial charge on any atom is 0.201 e. The monoisotopic (exact) mass is 288 g/mol. The van der Waals surface area contributed by atoms with Crippen molar-refractivity contribution >= 4 is 17.1 Å². The summed E-state index contributed by atoms with van der Waals surface area (Å²) in [7, 11) is 0. The number of hydrogen-bond acceptors (Lipinski definition) is 5. The van der Waals surface area contributed by atoms with Gasteiger partial charge in [-0.15, -0.1) is 0 Å². The summed E-state index contributed by atoms with van der Waals surface area (Å²) in [5, 5.41) is 29.0. The molecule has 1 aliphatic rings. The van der Waals surface area contributed by atoms with Gasteiger partial charge in [0.25, 0.3) is 0 Å². The molecule has 1 heterocycles. The normalized spacial score (nSPS) is 17.4. The lowest BCUT2D eigenvalue weighted by atomic mass is 9.96. The van der Waals surface area contributed by atoms with E-state index in [0.717, 1.165) is 5.56 Å². The minimum atomic E-state index is -0.576. The van der Waals surface area contributed by atoms with E-state index in [-0.39, 0.29) is 17.4 Å². The lowest BCUT2D eigenvalue weighted by Crippen LogP contribution is -2.19. The summed E-state index contributed by atoms with van der Waals surface area (Å²) >= 11 is 5.30. The Morgan fingerprint density at radius 3 is 2.45 bits per heavy atom. The van der Waals surface area contributed by atoms with Crippen molar-refractivity contribution in [3.05, 3.63) is 47.5 Å². The summed E-state index contributed by atoms with van der Waals surface area (Å²) in [5.74, 6) is -1.16. The Labute approximate surface area is 120 Å². The fourth-order valence-electron chi connectivity index (χ4n) is 2.30. The van der Waals surface area contributed by atoms with Gasteiger partial charge in [0.1, 0.15) is 11.9 Å². The zero-order valence-corrected chi connectivity index (χ0v) is 11.2. The highest BCUT2D eigenvalue weighted by atomic mass is 32.1. The molecule has 0 fully saturated rings. The molecule has 0 saturated carbocycles. The number of rotatable bonds is 1. The van der Waals surface area contributed by atoms with Gasteiger partial charge in [0.2, 0.25) is 5.75 Å². The van der Waals surface area contributed by atoms with Gasteiger partial charge in [-0.3, -0.25) is 0 Å². The summed E-state index contributed by atoms with van der Waals surface area (Å²) in [6.07, 6.45) is 0.170. The number of aromatic hydroxyl groups is 3. The fourth-order valence-corrected chi connectivity index (χ4v) is 2.65. The molecule has 0 bridgehead atoms. The van der Waals surface area contributed by atoms with Crippen LogP contribution in [-0.2, 0) is 0 Å². The molecule has 0 saturated heterocycles. The summed E-state index contributed by atoms with van der Waals surface area (Å²) in [5.41, 5.74) is 1.25. The first kappa shape index (κ1) is 12.7. The van der Waals surface area contributed by atoms with Gasteiger partial charge in [-0.25, -0.2) is 0 Å². The second-order valence-electron chi connectivity index (χ2n) is 4.61. The lowest BCUT2D eigenvalue weighted by molar-refractivity contribution is 0.204. The molecule has 3 rings (SSSR count). The Hall–Kier alpha value is -2.27. The van der Waals surface area contributed by atoms with Crippen LogP contribution in [0.4, 0.5) is 0 Å². The largest absolute Gasteiger partial charge is 0.504 e. The fraction of sp³-hybridized carbons (Fsp3) is 0.133. The van der Waals surface area contributed by atoms with Crippen molar-refractivity contribution in [2.24, 2.45) is 0 Å². The molecule has 102 valence electrons. The van der Waals surface area contributed by atoms with E-state index in [4.69, 9.17) is 17.0 Å². The van der Waals surface area contributed by atoms with Gasteiger partial charge in [0.15, 0.2) is 11.5 Å². The molecule has 20 heavy (non-hydrogen) atoms. The van der Waals surface area contributed by atoms with Crippen molar-refractivity contribution in [3.8, 4) is 23.0 Å². The molecular formula is C15H12O4S. The molecule has 2 aromatic rings. The van der Waals surface area contributed by atoms with E-state index in [2.05, 4.69) is 0 Å². The molecule has 1 atom stereocenters. The average Bonchev–Trinajstić information content (AvgIpc) is 2.45. The zero-order valence-electron chi connectivity index (χ0n) is 10.4. The second-order valence-corrected chi connectivity index (χ2v) is 5.10. The maximum atomic E-state index is 9.87. The number of ether oxygens (including phenoxy) is 1. The van der Waals surface area contributed by atoms with Gasteiger partial charge in [-0.05, 0) is 5.56 Å². The van der Waals surface area contributed by atoms with Crippen molar-refractivity contribution in [2.45, 2.75) is 12.5 Å². The predicted octanol–water partition coefficient (Wildman–Crippen LogP) is 3.05. The zero-order chi connectivity index (χ0) is 14.3. The first-order chi connectivity index (χ1) is 9.58. The third-order valence-corrected chi connectivity index (χ3v) is 3.68. The topological polar surface area (TPSA) is 69.9 Å². The van der Waals surface area contributed by atoms with Crippen LogP contribution in [0.3, 0.4) is 0 Å². The molecule has 0 spiro atoms. The predicted molar refractivity (Wildman–Crippen MR) is 77.6 cm³/mol. The van der Waals surface area contributed by atoms with Gasteiger partial charge in [0.05, 0.1) is 5.56 Å². The SMILES string of the molecule is Oc1cc2c(c(O)c1O)C(=S)CC(c1ccccc1)O2. The smallest absolute Gasteiger partial charge is 0.201 e. The third-order valence-electron chi connectivity index (χ3n) is 3.31. The number of phenolic OH excluding ortho intramolecular Hbond substituents is 3. The molecule has 1 unspecified atom stereocenters. The van der Waals surface area contributed by atoms with Crippen molar-refractivity contribution < 1.29 is 20.1 Å².